The van der Waals surface area contributed by atoms with Gasteiger partial charge in [0.1, 0.15) is 0 Å². The summed E-state index contributed by atoms with van der Waals surface area (Å²) in [5, 5.41) is 5.99. The zero-order valence-electron chi connectivity index (χ0n) is 12.1. The van der Waals surface area contributed by atoms with E-state index in [1.54, 1.807) is 0 Å². The lowest BCUT2D eigenvalue weighted by molar-refractivity contribution is 0.213. The SMILES string of the molecule is Cc1cc(Br)ccc1CNC(=O)NC1CCN(C)CC1. The van der Waals surface area contributed by atoms with Crippen molar-refractivity contribution in [3.63, 3.8) is 0 Å². The van der Waals surface area contributed by atoms with E-state index >= 15 is 0 Å². The van der Waals surface area contributed by atoms with Gasteiger partial charge in [-0.2, -0.15) is 0 Å². The molecule has 1 aromatic carbocycles. The van der Waals surface area contributed by atoms with Gasteiger partial charge in [-0.05, 0) is 63.2 Å². The number of amides is 2. The fourth-order valence-corrected chi connectivity index (χ4v) is 2.90. The average molecular weight is 340 g/mol. The number of nitrogens with one attached hydrogen (secondary N) is 2. The van der Waals surface area contributed by atoms with Crippen molar-refractivity contribution >= 4 is 22.0 Å². The van der Waals surface area contributed by atoms with E-state index in [9.17, 15) is 4.79 Å². The van der Waals surface area contributed by atoms with Gasteiger partial charge >= 0.3 is 6.03 Å². The molecule has 1 fully saturated rings. The molecule has 0 atom stereocenters. The van der Waals surface area contributed by atoms with Crippen molar-refractivity contribution in [2.45, 2.75) is 32.4 Å². The molecule has 1 heterocycles. The molecule has 20 heavy (non-hydrogen) atoms. The Balaban J connectivity index is 1.77. The molecule has 0 aromatic heterocycles. The molecule has 0 radical (unpaired) electrons. The fourth-order valence-electron chi connectivity index (χ4n) is 2.42. The highest BCUT2D eigenvalue weighted by atomic mass is 79.9. The summed E-state index contributed by atoms with van der Waals surface area (Å²) in [6, 6.07) is 6.33. The van der Waals surface area contributed by atoms with Crippen molar-refractivity contribution < 1.29 is 4.79 Å². The van der Waals surface area contributed by atoms with Gasteiger partial charge in [-0.1, -0.05) is 22.0 Å². The van der Waals surface area contributed by atoms with Crippen LogP contribution in [0.25, 0.3) is 0 Å². The van der Waals surface area contributed by atoms with Crippen molar-refractivity contribution in [2.75, 3.05) is 20.1 Å². The predicted molar refractivity (Wildman–Crippen MR) is 84.8 cm³/mol. The zero-order valence-corrected chi connectivity index (χ0v) is 13.7. The molecule has 5 heteroatoms. The Bertz CT molecular complexity index is 470. The van der Waals surface area contributed by atoms with E-state index in [0.717, 1.165) is 36.0 Å². The Kier molecular flexibility index (Phi) is 5.43. The number of carbonyl (C=O) groups excluding carboxylic acids is 1. The third-order valence-electron chi connectivity index (χ3n) is 3.80. The van der Waals surface area contributed by atoms with Crippen LogP contribution in [0.2, 0.25) is 0 Å². The first-order valence-electron chi connectivity index (χ1n) is 7.02. The molecule has 0 saturated carbocycles. The Labute approximate surface area is 129 Å². The number of aryl methyl sites for hydroxylation is 1. The third-order valence-corrected chi connectivity index (χ3v) is 4.29. The first-order valence-corrected chi connectivity index (χ1v) is 7.82. The molecule has 0 bridgehead atoms. The Morgan fingerprint density at radius 1 is 1.40 bits per heavy atom. The van der Waals surface area contributed by atoms with E-state index in [4.69, 9.17) is 0 Å². The zero-order chi connectivity index (χ0) is 14.5. The Morgan fingerprint density at radius 3 is 2.75 bits per heavy atom. The summed E-state index contributed by atoms with van der Waals surface area (Å²) >= 11 is 3.44. The lowest BCUT2D eigenvalue weighted by Gasteiger charge is -2.29. The Hall–Kier alpha value is -1.07. The van der Waals surface area contributed by atoms with Gasteiger partial charge in [-0.25, -0.2) is 4.79 Å². The molecule has 2 amide bonds. The molecule has 1 aromatic rings. The van der Waals surface area contributed by atoms with Gasteiger partial charge in [-0.15, -0.1) is 0 Å². The molecule has 1 saturated heterocycles. The summed E-state index contributed by atoms with van der Waals surface area (Å²) < 4.78 is 1.06. The number of benzene rings is 1. The first kappa shape index (κ1) is 15.3. The lowest BCUT2D eigenvalue weighted by atomic mass is 10.1. The number of nitrogens with zero attached hydrogens (tertiary/aromatic N) is 1. The van der Waals surface area contributed by atoms with Gasteiger partial charge in [0.25, 0.3) is 0 Å². The summed E-state index contributed by atoms with van der Waals surface area (Å²) in [5.41, 5.74) is 2.32. The molecular formula is C15H22BrN3O. The van der Waals surface area contributed by atoms with Crippen LogP contribution in [0.5, 0.6) is 0 Å². The molecule has 1 aliphatic heterocycles. The van der Waals surface area contributed by atoms with Crippen LogP contribution in [-0.4, -0.2) is 37.1 Å². The smallest absolute Gasteiger partial charge is 0.315 e. The summed E-state index contributed by atoms with van der Waals surface area (Å²) in [5.74, 6) is 0. The number of halogens is 1. The third kappa shape index (κ3) is 4.49. The van der Waals surface area contributed by atoms with Gasteiger partial charge in [0.15, 0.2) is 0 Å². The number of piperidine rings is 1. The minimum atomic E-state index is -0.0677. The molecule has 0 spiro atoms. The molecule has 0 unspecified atom stereocenters. The van der Waals surface area contributed by atoms with Gasteiger partial charge in [-0.3, -0.25) is 0 Å². The Morgan fingerprint density at radius 2 is 2.10 bits per heavy atom. The first-order chi connectivity index (χ1) is 9.54. The minimum absolute atomic E-state index is 0.0677. The molecular weight excluding hydrogens is 318 g/mol. The van der Waals surface area contributed by atoms with E-state index in [0.29, 0.717) is 12.6 Å². The maximum absolute atomic E-state index is 11.9. The predicted octanol–water partition coefficient (Wildman–Crippen LogP) is 2.65. The van der Waals surface area contributed by atoms with Gasteiger partial charge in [0.05, 0.1) is 0 Å². The van der Waals surface area contributed by atoms with Crippen LogP contribution < -0.4 is 10.6 Å². The molecule has 4 nitrogen and oxygen atoms in total. The van der Waals surface area contributed by atoms with Crippen LogP contribution in [0, 0.1) is 6.92 Å². The van der Waals surface area contributed by atoms with E-state index in [1.807, 2.05) is 12.1 Å². The second-order valence-corrected chi connectivity index (χ2v) is 6.39. The monoisotopic (exact) mass is 339 g/mol. The largest absolute Gasteiger partial charge is 0.335 e. The molecule has 0 aliphatic carbocycles. The quantitative estimate of drug-likeness (QED) is 0.889. The fraction of sp³-hybridized carbons (Fsp3) is 0.533. The minimum Gasteiger partial charge on any atom is -0.335 e. The van der Waals surface area contributed by atoms with Crippen LogP contribution in [-0.2, 0) is 6.54 Å². The van der Waals surface area contributed by atoms with Crippen molar-refractivity contribution in [3.05, 3.63) is 33.8 Å². The number of rotatable bonds is 3. The van der Waals surface area contributed by atoms with Crippen LogP contribution in [0.1, 0.15) is 24.0 Å². The van der Waals surface area contributed by atoms with Crippen molar-refractivity contribution in [3.8, 4) is 0 Å². The summed E-state index contributed by atoms with van der Waals surface area (Å²) in [4.78, 5) is 14.2. The average Bonchev–Trinajstić information content (AvgIpc) is 2.40. The molecule has 110 valence electrons. The normalized spacial score (nSPS) is 16.9. The van der Waals surface area contributed by atoms with Crippen molar-refractivity contribution in [1.29, 1.82) is 0 Å². The second kappa shape index (κ2) is 7.09. The maximum Gasteiger partial charge on any atom is 0.315 e. The summed E-state index contributed by atoms with van der Waals surface area (Å²) in [7, 11) is 2.12. The van der Waals surface area contributed by atoms with Crippen LogP contribution in [0.3, 0.4) is 0 Å². The van der Waals surface area contributed by atoms with Gasteiger partial charge in [0.2, 0.25) is 0 Å². The van der Waals surface area contributed by atoms with Crippen LogP contribution in [0.15, 0.2) is 22.7 Å². The molecule has 1 aliphatic rings. The van der Waals surface area contributed by atoms with Crippen LogP contribution >= 0.6 is 15.9 Å². The van der Waals surface area contributed by atoms with E-state index in [2.05, 4.69) is 51.5 Å². The van der Waals surface area contributed by atoms with E-state index < -0.39 is 0 Å². The lowest BCUT2D eigenvalue weighted by Crippen LogP contribution is -2.46. The standard InChI is InChI=1S/C15H22BrN3O/c1-11-9-13(16)4-3-12(11)10-17-15(20)18-14-5-7-19(2)8-6-14/h3-4,9,14H,5-8,10H2,1-2H3,(H2,17,18,20). The summed E-state index contributed by atoms with van der Waals surface area (Å²) in [6.07, 6.45) is 2.06. The number of hydrogen-bond donors (Lipinski definition) is 2. The van der Waals surface area contributed by atoms with Gasteiger partial charge in [0, 0.05) is 17.1 Å². The maximum atomic E-state index is 11.9. The summed E-state index contributed by atoms with van der Waals surface area (Å²) in [6.45, 7) is 4.72. The highest BCUT2D eigenvalue weighted by Gasteiger charge is 2.18. The van der Waals surface area contributed by atoms with E-state index in [-0.39, 0.29) is 6.03 Å². The van der Waals surface area contributed by atoms with Crippen molar-refractivity contribution in [2.24, 2.45) is 0 Å². The second-order valence-electron chi connectivity index (χ2n) is 5.48. The molecule has 2 rings (SSSR count). The number of carbonyl (C=O) groups is 1. The van der Waals surface area contributed by atoms with Crippen LogP contribution in [0.4, 0.5) is 4.79 Å². The highest BCUT2D eigenvalue weighted by Crippen LogP contribution is 2.15. The van der Waals surface area contributed by atoms with Crippen molar-refractivity contribution in [1.82, 2.24) is 15.5 Å². The van der Waals surface area contributed by atoms with Gasteiger partial charge < -0.3 is 15.5 Å². The number of hydrogen-bond acceptors (Lipinski definition) is 2. The number of likely N-dealkylation sites (tertiary alicyclic amines) is 1. The van der Waals surface area contributed by atoms with E-state index in [1.165, 1.54) is 5.56 Å². The molecule has 2 N–H and O–H groups in total. The highest BCUT2D eigenvalue weighted by molar-refractivity contribution is 9.10. The topological polar surface area (TPSA) is 44.4 Å². The number of urea groups is 1.